The van der Waals surface area contributed by atoms with E-state index in [0.717, 1.165) is 0 Å². The molecule has 0 radical (unpaired) electrons. The van der Waals surface area contributed by atoms with Crippen LogP contribution in [0.1, 0.15) is 0 Å². The molecule has 0 saturated heterocycles. The SMILES string of the molecule is COc1cccc(NC(=O)CSC2=NCC(=O)N2c2ccccc2Cl)c1. The number of hydrogen-bond donors (Lipinski definition) is 1. The third-order valence-corrected chi connectivity index (χ3v) is 4.87. The number of para-hydroxylation sites is 1. The van der Waals surface area contributed by atoms with Crippen LogP contribution in [0.5, 0.6) is 5.75 Å². The molecule has 0 spiro atoms. The molecule has 0 bridgehead atoms. The smallest absolute Gasteiger partial charge is 0.254 e. The monoisotopic (exact) mass is 389 g/mol. The van der Waals surface area contributed by atoms with Crippen LogP contribution in [0.25, 0.3) is 0 Å². The van der Waals surface area contributed by atoms with E-state index in [4.69, 9.17) is 16.3 Å². The molecule has 0 aromatic heterocycles. The molecule has 2 amide bonds. The maximum Gasteiger partial charge on any atom is 0.254 e. The van der Waals surface area contributed by atoms with Crippen molar-refractivity contribution in [1.82, 2.24) is 0 Å². The van der Waals surface area contributed by atoms with E-state index in [9.17, 15) is 9.59 Å². The first kappa shape index (κ1) is 18.3. The van der Waals surface area contributed by atoms with Gasteiger partial charge in [0.15, 0.2) is 5.17 Å². The van der Waals surface area contributed by atoms with Crippen LogP contribution in [-0.2, 0) is 9.59 Å². The molecule has 0 saturated carbocycles. The first-order valence-electron chi connectivity index (χ1n) is 7.77. The Kier molecular flexibility index (Phi) is 5.80. The summed E-state index contributed by atoms with van der Waals surface area (Å²) in [6.07, 6.45) is 0. The first-order chi connectivity index (χ1) is 12.6. The van der Waals surface area contributed by atoms with Crippen LogP contribution in [0.2, 0.25) is 5.02 Å². The maximum atomic E-state index is 12.2. The number of rotatable bonds is 5. The van der Waals surface area contributed by atoms with Crippen molar-refractivity contribution in [2.45, 2.75) is 0 Å². The number of halogens is 1. The van der Waals surface area contributed by atoms with Gasteiger partial charge in [-0.3, -0.25) is 19.5 Å². The predicted octanol–water partition coefficient (Wildman–Crippen LogP) is 3.42. The van der Waals surface area contributed by atoms with Gasteiger partial charge < -0.3 is 10.1 Å². The Balaban J connectivity index is 1.64. The second-order valence-electron chi connectivity index (χ2n) is 5.35. The van der Waals surface area contributed by atoms with Crippen LogP contribution in [0, 0.1) is 0 Å². The minimum atomic E-state index is -0.204. The number of amides is 2. The van der Waals surface area contributed by atoms with Gasteiger partial charge in [-0.25, -0.2) is 0 Å². The molecule has 1 aliphatic heterocycles. The van der Waals surface area contributed by atoms with Gasteiger partial charge in [-0.15, -0.1) is 0 Å². The maximum absolute atomic E-state index is 12.2. The zero-order chi connectivity index (χ0) is 18.5. The van der Waals surface area contributed by atoms with Gasteiger partial charge in [0.2, 0.25) is 5.91 Å². The number of carbonyl (C=O) groups is 2. The second-order valence-corrected chi connectivity index (χ2v) is 6.70. The topological polar surface area (TPSA) is 71.0 Å². The molecule has 0 unspecified atom stereocenters. The van der Waals surface area contributed by atoms with E-state index in [1.54, 1.807) is 55.6 Å². The van der Waals surface area contributed by atoms with E-state index in [-0.39, 0.29) is 24.1 Å². The third kappa shape index (κ3) is 4.17. The van der Waals surface area contributed by atoms with Crippen molar-refractivity contribution in [2.24, 2.45) is 4.99 Å². The van der Waals surface area contributed by atoms with Crippen LogP contribution in [0.15, 0.2) is 53.5 Å². The number of thioether (sulfide) groups is 1. The van der Waals surface area contributed by atoms with Gasteiger partial charge in [-0.1, -0.05) is 41.6 Å². The minimum absolute atomic E-state index is 0.0467. The highest BCUT2D eigenvalue weighted by molar-refractivity contribution is 8.14. The number of carbonyl (C=O) groups excluding carboxylic acids is 2. The second kappa shape index (κ2) is 8.25. The molecule has 3 rings (SSSR count). The highest BCUT2D eigenvalue weighted by Gasteiger charge is 2.29. The lowest BCUT2D eigenvalue weighted by atomic mass is 10.3. The summed E-state index contributed by atoms with van der Waals surface area (Å²) < 4.78 is 5.13. The Hall–Kier alpha value is -2.51. The van der Waals surface area contributed by atoms with Gasteiger partial charge in [0.25, 0.3) is 5.91 Å². The van der Waals surface area contributed by atoms with Crippen LogP contribution < -0.4 is 15.0 Å². The Morgan fingerprint density at radius 3 is 2.88 bits per heavy atom. The standard InChI is InChI=1S/C18H16ClN3O3S/c1-25-13-6-4-5-12(9-13)21-16(23)11-26-18-20-10-17(24)22(18)15-8-3-2-7-14(15)19/h2-9H,10-11H2,1H3,(H,21,23). The Morgan fingerprint density at radius 2 is 2.12 bits per heavy atom. The highest BCUT2D eigenvalue weighted by Crippen LogP contribution is 2.30. The molecule has 1 N–H and O–H groups in total. The van der Waals surface area contributed by atoms with E-state index in [0.29, 0.717) is 27.3 Å². The fraction of sp³-hybridized carbons (Fsp3) is 0.167. The van der Waals surface area contributed by atoms with Crippen molar-refractivity contribution in [2.75, 3.05) is 29.6 Å². The zero-order valence-electron chi connectivity index (χ0n) is 13.9. The summed E-state index contributed by atoms with van der Waals surface area (Å²) in [7, 11) is 1.56. The third-order valence-electron chi connectivity index (χ3n) is 3.57. The van der Waals surface area contributed by atoms with E-state index in [1.807, 2.05) is 0 Å². The van der Waals surface area contributed by atoms with Crippen molar-refractivity contribution in [3.8, 4) is 5.75 Å². The predicted molar refractivity (Wildman–Crippen MR) is 105 cm³/mol. The average Bonchev–Trinajstić information content (AvgIpc) is 3.01. The summed E-state index contributed by atoms with van der Waals surface area (Å²) in [6, 6.07) is 14.1. The number of amidine groups is 1. The fourth-order valence-electron chi connectivity index (χ4n) is 2.39. The molecule has 2 aromatic rings. The molecule has 26 heavy (non-hydrogen) atoms. The number of ether oxygens (including phenoxy) is 1. The molecule has 0 atom stereocenters. The lowest BCUT2D eigenvalue weighted by Crippen LogP contribution is -2.31. The van der Waals surface area contributed by atoms with Crippen LogP contribution in [0.3, 0.4) is 0 Å². The van der Waals surface area contributed by atoms with E-state index in [1.165, 1.54) is 16.7 Å². The number of aliphatic imine (C=N–C) groups is 1. The van der Waals surface area contributed by atoms with Crippen molar-refractivity contribution in [1.29, 1.82) is 0 Å². The summed E-state index contributed by atoms with van der Waals surface area (Å²) in [5, 5.41) is 3.71. The molecule has 1 aliphatic rings. The molecule has 6 nitrogen and oxygen atoms in total. The van der Waals surface area contributed by atoms with Gasteiger partial charge in [-0.05, 0) is 24.3 Å². The van der Waals surface area contributed by atoms with Gasteiger partial charge in [0, 0.05) is 11.8 Å². The summed E-state index contributed by atoms with van der Waals surface area (Å²) in [5.74, 6) is 0.397. The Morgan fingerprint density at radius 1 is 1.31 bits per heavy atom. The number of methoxy groups -OCH3 is 1. The highest BCUT2D eigenvalue weighted by atomic mass is 35.5. The van der Waals surface area contributed by atoms with Gasteiger partial charge in [0.1, 0.15) is 12.3 Å². The number of hydrogen-bond acceptors (Lipinski definition) is 5. The van der Waals surface area contributed by atoms with Gasteiger partial charge in [-0.2, -0.15) is 0 Å². The van der Waals surface area contributed by atoms with Gasteiger partial charge >= 0.3 is 0 Å². The van der Waals surface area contributed by atoms with Crippen LogP contribution in [0.4, 0.5) is 11.4 Å². The largest absolute Gasteiger partial charge is 0.497 e. The number of nitrogens with one attached hydrogen (secondary N) is 1. The average molecular weight is 390 g/mol. The molecule has 2 aromatic carbocycles. The van der Waals surface area contributed by atoms with Crippen molar-refractivity contribution >= 4 is 51.7 Å². The Bertz CT molecular complexity index is 872. The summed E-state index contributed by atoms with van der Waals surface area (Å²) in [6.45, 7) is 0.0467. The number of benzene rings is 2. The minimum Gasteiger partial charge on any atom is -0.497 e. The van der Waals surface area contributed by atoms with Crippen molar-refractivity contribution in [3.05, 3.63) is 53.6 Å². The van der Waals surface area contributed by atoms with E-state index in [2.05, 4.69) is 10.3 Å². The summed E-state index contributed by atoms with van der Waals surface area (Å²) >= 11 is 7.37. The van der Waals surface area contributed by atoms with Crippen molar-refractivity contribution < 1.29 is 14.3 Å². The number of nitrogens with zero attached hydrogens (tertiary/aromatic N) is 2. The number of anilines is 2. The zero-order valence-corrected chi connectivity index (χ0v) is 15.5. The van der Waals surface area contributed by atoms with Crippen molar-refractivity contribution in [3.63, 3.8) is 0 Å². The van der Waals surface area contributed by atoms with E-state index < -0.39 is 0 Å². The molecule has 1 heterocycles. The lowest BCUT2D eigenvalue weighted by Gasteiger charge is -2.19. The molecule has 8 heteroatoms. The quantitative estimate of drug-likeness (QED) is 0.850. The lowest BCUT2D eigenvalue weighted by molar-refractivity contribution is -0.116. The molecule has 134 valence electrons. The van der Waals surface area contributed by atoms with Crippen LogP contribution in [-0.4, -0.2) is 36.4 Å². The molecular formula is C18H16ClN3O3S. The van der Waals surface area contributed by atoms with Crippen LogP contribution >= 0.6 is 23.4 Å². The van der Waals surface area contributed by atoms with E-state index >= 15 is 0 Å². The Labute approximate surface area is 160 Å². The normalized spacial score (nSPS) is 13.5. The molecule has 0 fully saturated rings. The fourth-order valence-corrected chi connectivity index (χ4v) is 3.43. The first-order valence-corrected chi connectivity index (χ1v) is 9.13. The summed E-state index contributed by atoms with van der Waals surface area (Å²) in [5.41, 5.74) is 1.21. The summed E-state index contributed by atoms with van der Waals surface area (Å²) in [4.78, 5) is 30.0. The molecular weight excluding hydrogens is 374 g/mol. The van der Waals surface area contributed by atoms with Gasteiger partial charge in [0.05, 0.1) is 23.6 Å². The molecule has 0 aliphatic carbocycles.